The summed E-state index contributed by atoms with van der Waals surface area (Å²) in [5.74, 6) is -1.18. The topological polar surface area (TPSA) is 69.4 Å². The molecule has 0 N–H and O–H groups in total. The van der Waals surface area contributed by atoms with Gasteiger partial charge in [-0.1, -0.05) is 46.4 Å². The smallest absolute Gasteiger partial charge is 0.343 e. The van der Waals surface area contributed by atoms with E-state index in [-0.39, 0.29) is 10.0 Å². The summed E-state index contributed by atoms with van der Waals surface area (Å²) in [5, 5.41) is 8.88. The summed E-state index contributed by atoms with van der Waals surface area (Å²) in [6.07, 6.45) is 0. The van der Waals surface area contributed by atoms with Crippen LogP contribution >= 0.6 is 58.3 Å². The van der Waals surface area contributed by atoms with Crippen LogP contribution in [0.25, 0.3) is 0 Å². The van der Waals surface area contributed by atoms with E-state index in [1.165, 1.54) is 0 Å². The summed E-state index contributed by atoms with van der Waals surface area (Å²) in [4.78, 5) is 21.1. The lowest BCUT2D eigenvalue weighted by molar-refractivity contribution is -0.384. The van der Waals surface area contributed by atoms with E-state index in [2.05, 4.69) is 4.29 Å². The van der Waals surface area contributed by atoms with Crippen LogP contribution in [-0.2, 0) is 4.29 Å². The molecule has 0 radical (unpaired) electrons. The molecule has 0 atom stereocenters. The lowest BCUT2D eigenvalue weighted by atomic mass is 10.2. The summed E-state index contributed by atoms with van der Waals surface area (Å²) in [6.45, 7) is 0. The van der Waals surface area contributed by atoms with Crippen molar-refractivity contribution in [2.24, 2.45) is 0 Å². The first-order valence-electron chi connectivity index (χ1n) is 3.66. The number of nitrogens with zero attached hydrogens (tertiary/aromatic N) is 1. The number of carbonyl (C=O) groups is 1. The van der Waals surface area contributed by atoms with Crippen LogP contribution in [0.15, 0.2) is 0 Å². The Hall–Kier alpha value is -0.460. The molecule has 0 aliphatic rings. The maximum Gasteiger partial charge on any atom is 0.359 e. The molecule has 10 heteroatoms. The summed E-state index contributed by atoms with van der Waals surface area (Å²) >= 11 is 27.4. The molecule has 0 saturated heterocycles. The lowest BCUT2D eigenvalue weighted by Crippen LogP contribution is -2.04. The fourth-order valence-corrected chi connectivity index (χ4v) is 2.26. The van der Waals surface area contributed by atoms with E-state index in [4.69, 9.17) is 58.3 Å². The molecule has 17 heavy (non-hydrogen) atoms. The Morgan fingerprint density at radius 2 is 1.59 bits per heavy atom. The summed E-state index contributed by atoms with van der Waals surface area (Å²) in [5.41, 5.74) is -1.27. The Labute approximate surface area is 119 Å². The van der Waals surface area contributed by atoms with Gasteiger partial charge in [0, 0.05) is 0 Å². The fourth-order valence-electron chi connectivity index (χ4n) is 0.999. The van der Waals surface area contributed by atoms with E-state index < -0.39 is 32.2 Å². The van der Waals surface area contributed by atoms with Gasteiger partial charge in [-0.3, -0.25) is 10.1 Å². The highest BCUT2D eigenvalue weighted by Crippen LogP contribution is 2.45. The van der Waals surface area contributed by atoms with Crippen LogP contribution in [0, 0.1) is 10.1 Å². The van der Waals surface area contributed by atoms with Crippen LogP contribution in [0.5, 0.6) is 0 Å². The second kappa shape index (κ2) is 5.46. The number of rotatable bonds is 2. The second-order valence-electron chi connectivity index (χ2n) is 2.60. The normalized spacial score (nSPS) is 10.2. The van der Waals surface area contributed by atoms with Crippen LogP contribution in [0.2, 0.25) is 20.1 Å². The zero-order chi connectivity index (χ0) is 13.3. The molecule has 0 aliphatic heterocycles. The molecule has 0 fully saturated rings. The summed E-state index contributed by atoms with van der Waals surface area (Å²) in [6, 6.07) is 0. The van der Waals surface area contributed by atoms with Gasteiger partial charge in [0.1, 0.15) is 27.5 Å². The van der Waals surface area contributed by atoms with Gasteiger partial charge < -0.3 is 4.29 Å². The van der Waals surface area contributed by atoms with Crippen molar-refractivity contribution in [3.8, 4) is 0 Å². The largest absolute Gasteiger partial charge is 0.359 e. The van der Waals surface area contributed by atoms with E-state index in [0.717, 1.165) is 0 Å². The van der Waals surface area contributed by atoms with Crippen molar-refractivity contribution in [1.82, 2.24) is 0 Å². The molecule has 0 aromatic heterocycles. The third-order valence-electron chi connectivity index (χ3n) is 1.70. The third kappa shape index (κ3) is 2.53. The number of halogens is 5. The molecule has 0 heterocycles. The maximum absolute atomic E-state index is 11.2. The van der Waals surface area contributed by atoms with Gasteiger partial charge in [0.15, 0.2) is 0 Å². The standard InChI is InChI=1S/C7Cl5NO4/c8-2-1(7(14)17-12)3(9)6(13(15)16)5(11)4(2)10. The Bertz CT molecular complexity index is 518. The number of benzene rings is 1. The van der Waals surface area contributed by atoms with E-state index in [1.54, 1.807) is 0 Å². The highest BCUT2D eigenvalue weighted by molar-refractivity contribution is 6.52. The molecule has 1 aromatic rings. The first kappa shape index (κ1) is 14.6. The predicted molar refractivity (Wildman–Crippen MR) is 64.4 cm³/mol. The molecular formula is C7Cl5NO4. The highest BCUT2D eigenvalue weighted by atomic mass is 35.5. The van der Waals surface area contributed by atoms with Crippen LogP contribution in [0.4, 0.5) is 5.69 Å². The van der Waals surface area contributed by atoms with Gasteiger partial charge in [0.05, 0.1) is 15.0 Å². The summed E-state index contributed by atoms with van der Waals surface area (Å²) < 4.78 is 3.87. The van der Waals surface area contributed by atoms with Crippen molar-refractivity contribution in [1.29, 1.82) is 0 Å². The van der Waals surface area contributed by atoms with Crippen molar-refractivity contribution in [3.05, 3.63) is 35.8 Å². The molecule has 92 valence electrons. The SMILES string of the molecule is O=C(OCl)c1c(Cl)c(Cl)c(Cl)c([N+](=O)[O-])c1Cl. The molecule has 0 amide bonds. The Morgan fingerprint density at radius 3 is 2.00 bits per heavy atom. The highest BCUT2D eigenvalue weighted by Gasteiger charge is 2.31. The Morgan fingerprint density at radius 1 is 1.06 bits per heavy atom. The minimum Gasteiger partial charge on any atom is -0.343 e. The second-order valence-corrected chi connectivity index (χ2v) is 4.27. The minimum absolute atomic E-state index is 0.377. The zero-order valence-corrected chi connectivity index (χ0v) is 11.2. The molecular weight excluding hydrogens is 339 g/mol. The van der Waals surface area contributed by atoms with Crippen LogP contribution in [-0.4, -0.2) is 10.9 Å². The van der Waals surface area contributed by atoms with E-state index >= 15 is 0 Å². The molecule has 5 nitrogen and oxygen atoms in total. The van der Waals surface area contributed by atoms with Crippen LogP contribution in [0.3, 0.4) is 0 Å². The molecule has 0 saturated carbocycles. The van der Waals surface area contributed by atoms with Crippen LogP contribution < -0.4 is 0 Å². The van der Waals surface area contributed by atoms with Gasteiger partial charge in [-0.25, -0.2) is 4.79 Å². The zero-order valence-electron chi connectivity index (χ0n) is 7.47. The van der Waals surface area contributed by atoms with Gasteiger partial charge in [0.25, 0.3) is 0 Å². The van der Waals surface area contributed by atoms with Crippen molar-refractivity contribution >= 4 is 69.9 Å². The number of nitro benzene ring substituents is 1. The average molecular weight is 339 g/mol. The lowest BCUT2D eigenvalue weighted by Gasteiger charge is -2.07. The first-order chi connectivity index (χ1) is 7.82. The fraction of sp³-hybridized carbons (Fsp3) is 0. The van der Waals surface area contributed by atoms with Crippen molar-refractivity contribution in [2.45, 2.75) is 0 Å². The molecule has 0 unspecified atom stereocenters. The maximum atomic E-state index is 11.2. The predicted octanol–water partition coefficient (Wildman–Crippen LogP) is 4.52. The van der Waals surface area contributed by atoms with Gasteiger partial charge in [-0.15, -0.1) is 0 Å². The van der Waals surface area contributed by atoms with Crippen molar-refractivity contribution in [3.63, 3.8) is 0 Å². The molecule has 1 rings (SSSR count). The Balaban J connectivity index is 3.74. The van der Waals surface area contributed by atoms with Crippen molar-refractivity contribution in [2.75, 3.05) is 0 Å². The van der Waals surface area contributed by atoms with Crippen LogP contribution in [0.1, 0.15) is 10.4 Å². The first-order valence-corrected chi connectivity index (χ1v) is 5.48. The number of hydrogen-bond acceptors (Lipinski definition) is 4. The van der Waals surface area contributed by atoms with Crippen molar-refractivity contribution < 1.29 is 14.0 Å². The van der Waals surface area contributed by atoms with E-state index in [9.17, 15) is 14.9 Å². The van der Waals surface area contributed by atoms with Gasteiger partial charge in [-0.05, 0) is 0 Å². The van der Waals surface area contributed by atoms with Gasteiger partial charge in [0.2, 0.25) is 0 Å². The minimum atomic E-state index is -1.18. The van der Waals surface area contributed by atoms with Gasteiger partial charge in [-0.2, -0.15) is 0 Å². The molecule has 0 spiro atoms. The molecule has 1 aromatic carbocycles. The molecule has 0 bridgehead atoms. The monoisotopic (exact) mass is 337 g/mol. The van der Waals surface area contributed by atoms with E-state index in [0.29, 0.717) is 0 Å². The summed E-state index contributed by atoms with van der Waals surface area (Å²) in [7, 11) is 0. The number of nitro groups is 1. The van der Waals surface area contributed by atoms with Gasteiger partial charge >= 0.3 is 11.7 Å². The Kier molecular flexibility index (Phi) is 4.69. The third-order valence-corrected chi connectivity index (χ3v) is 3.52. The quantitative estimate of drug-likeness (QED) is 0.344. The number of hydrogen-bond donors (Lipinski definition) is 0. The number of carbonyl (C=O) groups excluding carboxylic acids is 1. The molecule has 0 aliphatic carbocycles. The average Bonchev–Trinajstić information content (AvgIpc) is 2.25. The van der Waals surface area contributed by atoms with E-state index in [1.807, 2.05) is 0 Å².